The van der Waals surface area contributed by atoms with E-state index in [0.29, 0.717) is 24.6 Å². The molecule has 1 aliphatic rings. The average molecular weight is 321 g/mol. The lowest BCUT2D eigenvalue weighted by Gasteiger charge is -2.25. The monoisotopic (exact) mass is 320 g/mol. The van der Waals surface area contributed by atoms with E-state index in [1.807, 2.05) is 19.0 Å². The summed E-state index contributed by atoms with van der Waals surface area (Å²) in [4.78, 5) is 3.90. The van der Waals surface area contributed by atoms with Crippen LogP contribution in [-0.2, 0) is 12.1 Å². The topological polar surface area (TPSA) is 6.48 Å². The number of halogens is 4. The van der Waals surface area contributed by atoms with Crippen LogP contribution in [-0.4, -0.2) is 38.1 Å². The van der Waals surface area contributed by atoms with Gasteiger partial charge in [0.1, 0.15) is 0 Å². The first-order valence-corrected chi connectivity index (χ1v) is 7.45. The van der Waals surface area contributed by atoms with E-state index < -0.39 is 11.7 Å². The minimum absolute atomic E-state index is 0.0834. The number of hydrogen-bond donors (Lipinski definition) is 0. The molecule has 0 saturated carbocycles. The summed E-state index contributed by atoms with van der Waals surface area (Å²) < 4.78 is 39.9. The third kappa shape index (κ3) is 3.46. The van der Waals surface area contributed by atoms with Crippen LogP contribution in [0.25, 0.3) is 0 Å². The first kappa shape index (κ1) is 16.4. The van der Waals surface area contributed by atoms with Gasteiger partial charge < -0.3 is 9.80 Å². The molecule has 6 heteroatoms. The second-order valence-electron chi connectivity index (χ2n) is 5.90. The Morgan fingerprint density at radius 1 is 1.29 bits per heavy atom. The van der Waals surface area contributed by atoms with E-state index >= 15 is 0 Å². The number of nitrogens with zero attached hydrogens (tertiary/aromatic N) is 2. The van der Waals surface area contributed by atoms with Crippen LogP contribution in [0.2, 0.25) is 0 Å². The molecule has 0 aliphatic carbocycles. The van der Waals surface area contributed by atoms with Crippen molar-refractivity contribution in [1.82, 2.24) is 4.90 Å². The summed E-state index contributed by atoms with van der Waals surface area (Å²) in [6.07, 6.45) is -4.36. The maximum atomic E-state index is 13.3. The molecule has 2 nitrogen and oxygen atoms in total. The largest absolute Gasteiger partial charge is 0.418 e. The van der Waals surface area contributed by atoms with Gasteiger partial charge in [-0.25, -0.2) is 0 Å². The molecule has 2 atom stereocenters. The van der Waals surface area contributed by atoms with E-state index in [2.05, 4.69) is 11.8 Å². The Labute approximate surface area is 128 Å². The molecule has 0 bridgehead atoms. The second-order valence-corrected chi connectivity index (χ2v) is 6.16. The van der Waals surface area contributed by atoms with Crippen molar-refractivity contribution in [3.63, 3.8) is 0 Å². The third-order valence-electron chi connectivity index (χ3n) is 4.10. The van der Waals surface area contributed by atoms with Crippen molar-refractivity contribution in [2.24, 2.45) is 5.92 Å². The van der Waals surface area contributed by atoms with Crippen molar-refractivity contribution in [2.45, 2.75) is 25.0 Å². The first-order chi connectivity index (χ1) is 9.74. The molecule has 21 heavy (non-hydrogen) atoms. The lowest BCUT2D eigenvalue weighted by Crippen LogP contribution is -2.34. The molecular formula is C15H20ClF3N2. The van der Waals surface area contributed by atoms with E-state index in [4.69, 9.17) is 11.6 Å². The fourth-order valence-electron chi connectivity index (χ4n) is 2.99. The molecule has 0 radical (unpaired) electrons. The molecule has 1 aliphatic heterocycles. The molecule has 0 spiro atoms. The Hall–Kier alpha value is -0.940. The highest BCUT2D eigenvalue weighted by atomic mass is 35.5. The van der Waals surface area contributed by atoms with Gasteiger partial charge in [0.05, 0.1) is 5.56 Å². The summed E-state index contributed by atoms with van der Waals surface area (Å²) >= 11 is 5.66. The number of benzene rings is 1. The number of hydrogen-bond acceptors (Lipinski definition) is 2. The number of alkyl halides is 4. The fraction of sp³-hybridized carbons (Fsp3) is 0.600. The zero-order valence-corrected chi connectivity index (χ0v) is 13.2. The molecule has 1 saturated heterocycles. The minimum atomic E-state index is -4.36. The van der Waals surface area contributed by atoms with Crippen LogP contribution in [0.1, 0.15) is 18.1 Å². The molecule has 1 aromatic carbocycles. The van der Waals surface area contributed by atoms with E-state index in [1.165, 1.54) is 0 Å². The second kappa shape index (κ2) is 6.05. The van der Waals surface area contributed by atoms with Crippen LogP contribution in [0, 0.1) is 5.92 Å². The van der Waals surface area contributed by atoms with Crippen molar-refractivity contribution in [1.29, 1.82) is 0 Å². The highest BCUT2D eigenvalue weighted by Gasteiger charge is 2.38. The summed E-state index contributed by atoms with van der Waals surface area (Å²) in [5.74, 6) is 0.411. The molecule has 0 N–H and O–H groups in total. The van der Waals surface area contributed by atoms with Crippen LogP contribution in [0.15, 0.2) is 18.2 Å². The Balaban J connectivity index is 2.36. The molecule has 118 valence electrons. The Kier molecular flexibility index (Phi) is 4.73. The summed E-state index contributed by atoms with van der Waals surface area (Å²) in [6, 6.07) is 4.64. The SMILES string of the molecule is CC1CN(c2ccc(CCl)cc2C(F)(F)F)CC1N(C)C. The predicted molar refractivity (Wildman–Crippen MR) is 79.9 cm³/mol. The van der Waals surface area contributed by atoms with Crippen molar-refractivity contribution in [2.75, 3.05) is 32.1 Å². The van der Waals surface area contributed by atoms with Gasteiger partial charge in [-0.2, -0.15) is 13.2 Å². The molecule has 0 amide bonds. The fourth-order valence-corrected chi connectivity index (χ4v) is 3.15. The Morgan fingerprint density at radius 3 is 2.43 bits per heavy atom. The zero-order chi connectivity index (χ0) is 15.8. The molecule has 1 fully saturated rings. The van der Waals surface area contributed by atoms with Gasteiger partial charge in [0, 0.05) is 30.7 Å². The standard InChI is InChI=1S/C15H20ClF3N2/c1-10-8-21(9-14(10)20(2)3)13-5-4-11(7-16)6-12(13)15(17,18)19/h4-6,10,14H,7-9H2,1-3H3. The number of likely N-dealkylation sites (N-methyl/N-ethyl adjacent to an activating group) is 1. The highest BCUT2D eigenvalue weighted by molar-refractivity contribution is 6.17. The smallest absolute Gasteiger partial charge is 0.369 e. The van der Waals surface area contributed by atoms with E-state index in [1.54, 1.807) is 12.1 Å². The van der Waals surface area contributed by atoms with Crippen molar-refractivity contribution in [3.05, 3.63) is 29.3 Å². The van der Waals surface area contributed by atoms with E-state index in [9.17, 15) is 13.2 Å². The highest BCUT2D eigenvalue weighted by Crippen LogP contribution is 2.39. The van der Waals surface area contributed by atoms with Crippen molar-refractivity contribution in [3.8, 4) is 0 Å². The number of anilines is 1. The maximum absolute atomic E-state index is 13.3. The summed E-state index contributed by atoms with van der Waals surface area (Å²) in [6.45, 7) is 3.31. The minimum Gasteiger partial charge on any atom is -0.369 e. The summed E-state index contributed by atoms with van der Waals surface area (Å²) in [5.41, 5.74) is 0.156. The Morgan fingerprint density at radius 2 is 1.95 bits per heavy atom. The van der Waals surface area contributed by atoms with Crippen LogP contribution < -0.4 is 4.90 Å². The van der Waals surface area contributed by atoms with Crippen molar-refractivity contribution < 1.29 is 13.2 Å². The van der Waals surface area contributed by atoms with Crippen LogP contribution in [0.4, 0.5) is 18.9 Å². The molecule has 2 rings (SSSR count). The van der Waals surface area contributed by atoms with Crippen LogP contribution >= 0.6 is 11.6 Å². The van der Waals surface area contributed by atoms with Crippen LogP contribution in [0.5, 0.6) is 0 Å². The maximum Gasteiger partial charge on any atom is 0.418 e. The summed E-state index contributed by atoms with van der Waals surface area (Å²) in [5, 5.41) is 0. The van der Waals surface area contributed by atoms with Crippen LogP contribution in [0.3, 0.4) is 0 Å². The molecule has 2 unspecified atom stereocenters. The molecule has 1 aromatic rings. The van der Waals surface area contributed by atoms with Crippen molar-refractivity contribution >= 4 is 17.3 Å². The molecule has 0 aromatic heterocycles. The molecular weight excluding hydrogens is 301 g/mol. The van der Waals surface area contributed by atoms with E-state index in [0.717, 1.165) is 6.07 Å². The lowest BCUT2D eigenvalue weighted by molar-refractivity contribution is -0.137. The van der Waals surface area contributed by atoms with Gasteiger partial charge in [-0.15, -0.1) is 11.6 Å². The van der Waals surface area contributed by atoms with Gasteiger partial charge in [-0.1, -0.05) is 13.0 Å². The lowest BCUT2D eigenvalue weighted by atomic mass is 10.1. The quantitative estimate of drug-likeness (QED) is 0.781. The predicted octanol–water partition coefficient (Wildman–Crippen LogP) is 3.83. The normalized spacial score (nSPS) is 23.1. The van der Waals surface area contributed by atoms with Gasteiger partial charge in [-0.05, 0) is 37.7 Å². The first-order valence-electron chi connectivity index (χ1n) is 6.91. The van der Waals surface area contributed by atoms with Gasteiger partial charge >= 0.3 is 6.18 Å². The average Bonchev–Trinajstić information content (AvgIpc) is 2.79. The third-order valence-corrected chi connectivity index (χ3v) is 4.41. The Bertz CT molecular complexity index is 502. The van der Waals surface area contributed by atoms with Gasteiger partial charge in [0.2, 0.25) is 0 Å². The van der Waals surface area contributed by atoms with Gasteiger partial charge in [0.15, 0.2) is 0 Å². The van der Waals surface area contributed by atoms with Gasteiger partial charge in [-0.3, -0.25) is 0 Å². The van der Waals surface area contributed by atoms with E-state index in [-0.39, 0.29) is 17.6 Å². The van der Waals surface area contributed by atoms with Gasteiger partial charge in [0.25, 0.3) is 0 Å². The molecule has 1 heterocycles. The zero-order valence-electron chi connectivity index (χ0n) is 12.4. The number of rotatable bonds is 3. The summed E-state index contributed by atoms with van der Waals surface area (Å²) in [7, 11) is 3.93.